The molecule has 0 atom stereocenters. The Bertz CT molecular complexity index is 1160. The van der Waals surface area contributed by atoms with Gasteiger partial charge >= 0.3 is 0 Å². The van der Waals surface area contributed by atoms with Gasteiger partial charge in [0.1, 0.15) is 17.3 Å². The van der Waals surface area contributed by atoms with Crippen LogP contribution in [0.4, 0.5) is 21.6 Å². The maximum atomic E-state index is 14.7. The summed E-state index contributed by atoms with van der Waals surface area (Å²) in [7, 11) is 0. The molecule has 0 amide bonds. The molecule has 6 nitrogen and oxygen atoms in total. The summed E-state index contributed by atoms with van der Waals surface area (Å²) in [6.45, 7) is 5.17. The highest BCUT2D eigenvalue weighted by Crippen LogP contribution is 2.34. The molecule has 30 heavy (non-hydrogen) atoms. The van der Waals surface area contributed by atoms with Gasteiger partial charge in [-0.15, -0.1) is 0 Å². The van der Waals surface area contributed by atoms with E-state index in [1.807, 2.05) is 41.8 Å². The molecule has 0 bridgehead atoms. The van der Waals surface area contributed by atoms with Crippen LogP contribution in [0, 0.1) is 12.7 Å². The van der Waals surface area contributed by atoms with Gasteiger partial charge in [-0.05, 0) is 48.9 Å². The van der Waals surface area contributed by atoms with Crippen LogP contribution in [0.15, 0.2) is 60.9 Å². The van der Waals surface area contributed by atoms with Crippen molar-refractivity contribution < 1.29 is 9.13 Å². The first-order chi connectivity index (χ1) is 14.7. The third kappa shape index (κ3) is 3.37. The largest absolute Gasteiger partial charge is 0.378 e. The summed E-state index contributed by atoms with van der Waals surface area (Å²) >= 11 is 0. The third-order valence-electron chi connectivity index (χ3n) is 5.37. The van der Waals surface area contributed by atoms with Gasteiger partial charge in [-0.2, -0.15) is 0 Å². The summed E-state index contributed by atoms with van der Waals surface area (Å²) in [5.74, 6) is 0.900. The van der Waals surface area contributed by atoms with Crippen molar-refractivity contribution in [3.05, 3.63) is 72.3 Å². The van der Waals surface area contributed by atoms with Gasteiger partial charge in [-0.25, -0.2) is 14.4 Å². The molecule has 1 fully saturated rings. The van der Waals surface area contributed by atoms with Crippen LogP contribution in [0.25, 0.3) is 17.0 Å². The first kappa shape index (κ1) is 18.6. The number of aromatic nitrogens is 3. The lowest BCUT2D eigenvalue weighted by molar-refractivity contribution is 0.122. The number of imidazole rings is 1. The number of rotatable bonds is 4. The average Bonchev–Trinajstić information content (AvgIpc) is 3.13. The Kier molecular flexibility index (Phi) is 4.80. The average molecular weight is 403 g/mol. The molecular formula is C23H22FN5O. The van der Waals surface area contributed by atoms with E-state index in [1.165, 1.54) is 6.07 Å². The highest BCUT2D eigenvalue weighted by atomic mass is 19.1. The van der Waals surface area contributed by atoms with Crippen LogP contribution in [-0.2, 0) is 4.74 Å². The molecule has 2 aromatic heterocycles. The van der Waals surface area contributed by atoms with E-state index < -0.39 is 0 Å². The highest BCUT2D eigenvalue weighted by molar-refractivity contribution is 5.81. The van der Waals surface area contributed by atoms with Gasteiger partial charge in [0.05, 0.1) is 13.2 Å². The number of ether oxygens (including phenoxy) is 1. The van der Waals surface area contributed by atoms with E-state index in [-0.39, 0.29) is 5.82 Å². The minimum atomic E-state index is -0.302. The SMILES string of the molecule is Cc1cccc(F)c1-c1nc2ncccn2c1Nc1ccc(N2CCOCC2)cc1. The number of fused-ring (bicyclic) bond motifs is 1. The van der Waals surface area contributed by atoms with Crippen LogP contribution >= 0.6 is 0 Å². The van der Waals surface area contributed by atoms with Gasteiger partial charge in [0.2, 0.25) is 5.78 Å². The zero-order chi connectivity index (χ0) is 20.5. The molecule has 7 heteroatoms. The lowest BCUT2D eigenvalue weighted by Crippen LogP contribution is -2.36. The second-order valence-electron chi connectivity index (χ2n) is 7.30. The van der Waals surface area contributed by atoms with Crippen LogP contribution in [-0.4, -0.2) is 40.7 Å². The number of hydrogen-bond acceptors (Lipinski definition) is 5. The molecule has 152 valence electrons. The molecule has 0 saturated carbocycles. The molecule has 0 unspecified atom stereocenters. The number of morpholine rings is 1. The molecule has 3 heterocycles. The number of aryl methyl sites for hydroxylation is 1. The Balaban J connectivity index is 1.54. The second-order valence-corrected chi connectivity index (χ2v) is 7.30. The van der Waals surface area contributed by atoms with E-state index in [1.54, 1.807) is 12.3 Å². The number of nitrogens with zero attached hydrogens (tertiary/aromatic N) is 4. The van der Waals surface area contributed by atoms with Crippen LogP contribution in [0.2, 0.25) is 0 Å². The fourth-order valence-electron chi connectivity index (χ4n) is 3.83. The number of hydrogen-bond donors (Lipinski definition) is 1. The number of halogens is 1. The lowest BCUT2D eigenvalue weighted by atomic mass is 10.0. The van der Waals surface area contributed by atoms with Gasteiger partial charge in [-0.1, -0.05) is 12.1 Å². The predicted molar refractivity (Wildman–Crippen MR) is 116 cm³/mol. The topological polar surface area (TPSA) is 54.7 Å². The van der Waals surface area contributed by atoms with Crippen molar-refractivity contribution in [2.45, 2.75) is 6.92 Å². The van der Waals surface area contributed by atoms with Crippen LogP contribution < -0.4 is 10.2 Å². The van der Waals surface area contributed by atoms with Crippen molar-refractivity contribution in [1.82, 2.24) is 14.4 Å². The van der Waals surface area contributed by atoms with Gasteiger partial charge in [0.15, 0.2) is 0 Å². The zero-order valence-electron chi connectivity index (χ0n) is 16.7. The van der Waals surface area contributed by atoms with E-state index in [2.05, 4.69) is 32.3 Å². The van der Waals surface area contributed by atoms with Gasteiger partial charge in [0, 0.05) is 42.4 Å². The second kappa shape index (κ2) is 7.76. The fourth-order valence-corrected chi connectivity index (χ4v) is 3.83. The van der Waals surface area contributed by atoms with E-state index in [9.17, 15) is 4.39 Å². The molecule has 0 aliphatic carbocycles. The Morgan fingerprint density at radius 2 is 1.83 bits per heavy atom. The number of nitrogens with one attached hydrogen (secondary N) is 1. The Hall–Kier alpha value is -3.45. The monoisotopic (exact) mass is 403 g/mol. The van der Waals surface area contributed by atoms with Crippen LogP contribution in [0.3, 0.4) is 0 Å². The molecule has 5 rings (SSSR count). The highest BCUT2D eigenvalue weighted by Gasteiger charge is 2.20. The van der Waals surface area contributed by atoms with E-state index in [0.29, 0.717) is 22.9 Å². The quantitative estimate of drug-likeness (QED) is 0.547. The molecule has 1 aliphatic rings. The summed E-state index contributed by atoms with van der Waals surface area (Å²) in [4.78, 5) is 11.3. The summed E-state index contributed by atoms with van der Waals surface area (Å²) in [5.41, 5.74) is 3.91. The first-order valence-corrected chi connectivity index (χ1v) is 9.99. The first-order valence-electron chi connectivity index (χ1n) is 9.99. The van der Waals surface area contributed by atoms with Gasteiger partial charge < -0.3 is 15.0 Å². The summed E-state index contributed by atoms with van der Waals surface area (Å²) in [6.07, 6.45) is 3.56. The molecule has 1 saturated heterocycles. The maximum Gasteiger partial charge on any atom is 0.235 e. The zero-order valence-corrected chi connectivity index (χ0v) is 16.7. The van der Waals surface area contributed by atoms with Crippen molar-refractivity contribution in [3.63, 3.8) is 0 Å². The molecule has 0 spiro atoms. The van der Waals surface area contributed by atoms with Crippen molar-refractivity contribution in [2.24, 2.45) is 0 Å². The molecule has 1 aliphatic heterocycles. The third-order valence-corrected chi connectivity index (χ3v) is 5.37. The fraction of sp³-hybridized carbons (Fsp3) is 0.217. The van der Waals surface area contributed by atoms with Crippen LogP contribution in [0.1, 0.15) is 5.56 Å². The van der Waals surface area contributed by atoms with Crippen molar-refractivity contribution in [3.8, 4) is 11.3 Å². The molecule has 4 aromatic rings. The number of anilines is 3. The smallest absolute Gasteiger partial charge is 0.235 e. The minimum absolute atomic E-state index is 0.302. The van der Waals surface area contributed by atoms with Gasteiger partial charge in [-0.3, -0.25) is 4.40 Å². The summed E-state index contributed by atoms with van der Waals surface area (Å²) in [5, 5.41) is 3.43. The lowest BCUT2D eigenvalue weighted by Gasteiger charge is -2.29. The Morgan fingerprint density at radius 1 is 1.03 bits per heavy atom. The van der Waals surface area contributed by atoms with Crippen molar-refractivity contribution in [1.29, 1.82) is 0 Å². The maximum absolute atomic E-state index is 14.7. The van der Waals surface area contributed by atoms with Crippen molar-refractivity contribution >= 4 is 23.0 Å². The van der Waals surface area contributed by atoms with Crippen molar-refractivity contribution in [2.75, 3.05) is 36.5 Å². The standard InChI is InChI=1S/C23H22FN5O/c1-16-4-2-5-19(24)20(16)21-22(29-11-3-10-25-23(29)27-21)26-17-6-8-18(9-7-17)28-12-14-30-15-13-28/h2-11,26H,12-15H2,1H3. The minimum Gasteiger partial charge on any atom is -0.378 e. The number of benzene rings is 2. The Morgan fingerprint density at radius 3 is 2.60 bits per heavy atom. The summed E-state index contributed by atoms with van der Waals surface area (Å²) in [6, 6.07) is 15.1. The van der Waals surface area contributed by atoms with E-state index in [0.717, 1.165) is 43.2 Å². The summed E-state index contributed by atoms with van der Waals surface area (Å²) < 4.78 is 22.0. The molecule has 2 aromatic carbocycles. The molecule has 0 radical (unpaired) electrons. The van der Waals surface area contributed by atoms with E-state index in [4.69, 9.17) is 4.74 Å². The predicted octanol–water partition coefficient (Wildman–Crippen LogP) is 4.42. The van der Waals surface area contributed by atoms with E-state index >= 15 is 0 Å². The molecule has 1 N–H and O–H groups in total. The van der Waals surface area contributed by atoms with Gasteiger partial charge in [0.25, 0.3) is 0 Å². The van der Waals surface area contributed by atoms with Crippen LogP contribution in [0.5, 0.6) is 0 Å². The normalized spacial score (nSPS) is 14.3. The Labute approximate surface area is 174 Å². The molecular weight excluding hydrogens is 381 g/mol.